The van der Waals surface area contributed by atoms with E-state index >= 15 is 0 Å². The lowest BCUT2D eigenvalue weighted by Gasteiger charge is -2.31. The highest BCUT2D eigenvalue weighted by atomic mass is 16.5. The number of hydrogen-bond donors (Lipinski definition) is 1. The standard InChI is InChI=1S/C16H22O4/c1-19-11-12-20-14-8-4-3-7-13(14)15(17)16(18)9-5-2-6-10-16/h3-4,7-8,18H,2,5-6,9-12H2,1H3. The third-order valence-electron chi connectivity index (χ3n) is 3.78. The van der Waals surface area contributed by atoms with E-state index in [0.29, 0.717) is 37.4 Å². The summed E-state index contributed by atoms with van der Waals surface area (Å²) >= 11 is 0. The van der Waals surface area contributed by atoms with Crippen molar-refractivity contribution in [3.8, 4) is 5.75 Å². The summed E-state index contributed by atoms with van der Waals surface area (Å²) in [6.45, 7) is 0.853. The molecule has 0 unspecified atom stereocenters. The van der Waals surface area contributed by atoms with Gasteiger partial charge in [0.2, 0.25) is 0 Å². The Hall–Kier alpha value is -1.39. The number of carbonyl (C=O) groups is 1. The highest BCUT2D eigenvalue weighted by Gasteiger charge is 2.38. The monoisotopic (exact) mass is 278 g/mol. The van der Waals surface area contributed by atoms with Crippen molar-refractivity contribution < 1.29 is 19.4 Å². The first-order chi connectivity index (χ1) is 9.67. The second-order valence-electron chi connectivity index (χ2n) is 5.26. The molecule has 4 heteroatoms. The van der Waals surface area contributed by atoms with Gasteiger partial charge in [0.25, 0.3) is 0 Å². The number of rotatable bonds is 6. The van der Waals surface area contributed by atoms with Gasteiger partial charge in [-0.15, -0.1) is 0 Å². The van der Waals surface area contributed by atoms with E-state index in [1.54, 1.807) is 25.3 Å². The third kappa shape index (κ3) is 3.38. The van der Waals surface area contributed by atoms with Crippen LogP contribution < -0.4 is 4.74 Å². The van der Waals surface area contributed by atoms with Crippen LogP contribution in [0.4, 0.5) is 0 Å². The van der Waals surface area contributed by atoms with E-state index in [0.717, 1.165) is 19.3 Å². The molecule has 1 aromatic rings. The number of methoxy groups -OCH3 is 1. The summed E-state index contributed by atoms with van der Waals surface area (Å²) in [6.07, 6.45) is 3.96. The predicted molar refractivity (Wildman–Crippen MR) is 76.2 cm³/mol. The van der Waals surface area contributed by atoms with Gasteiger partial charge >= 0.3 is 0 Å². The number of aliphatic hydroxyl groups is 1. The summed E-state index contributed by atoms with van der Waals surface area (Å²) in [4.78, 5) is 12.6. The van der Waals surface area contributed by atoms with Gasteiger partial charge in [-0.05, 0) is 25.0 Å². The first-order valence-corrected chi connectivity index (χ1v) is 7.15. The summed E-state index contributed by atoms with van der Waals surface area (Å²) in [5.41, 5.74) is -0.758. The Kier molecular flexibility index (Phi) is 5.15. The zero-order valence-electron chi connectivity index (χ0n) is 11.9. The van der Waals surface area contributed by atoms with Gasteiger partial charge in [0.1, 0.15) is 18.0 Å². The van der Waals surface area contributed by atoms with E-state index < -0.39 is 5.60 Å². The molecule has 1 aromatic carbocycles. The molecule has 0 spiro atoms. The number of ketones is 1. The number of carbonyl (C=O) groups excluding carboxylic acids is 1. The minimum Gasteiger partial charge on any atom is -0.490 e. The fraction of sp³-hybridized carbons (Fsp3) is 0.562. The summed E-state index contributed by atoms with van der Waals surface area (Å²) in [6, 6.07) is 7.10. The van der Waals surface area contributed by atoms with Crippen molar-refractivity contribution in [3.63, 3.8) is 0 Å². The van der Waals surface area contributed by atoms with E-state index in [9.17, 15) is 9.90 Å². The van der Waals surface area contributed by atoms with Crippen molar-refractivity contribution in [2.24, 2.45) is 0 Å². The molecule has 0 heterocycles. The maximum absolute atomic E-state index is 12.6. The molecule has 110 valence electrons. The predicted octanol–water partition coefficient (Wildman–Crippen LogP) is 2.59. The number of para-hydroxylation sites is 1. The van der Waals surface area contributed by atoms with Gasteiger partial charge in [-0.2, -0.15) is 0 Å². The zero-order valence-corrected chi connectivity index (χ0v) is 11.9. The van der Waals surface area contributed by atoms with Crippen LogP contribution in [0, 0.1) is 0 Å². The van der Waals surface area contributed by atoms with Gasteiger partial charge in [-0.25, -0.2) is 0 Å². The third-order valence-corrected chi connectivity index (χ3v) is 3.78. The largest absolute Gasteiger partial charge is 0.490 e. The lowest BCUT2D eigenvalue weighted by Crippen LogP contribution is -2.40. The molecule has 2 rings (SSSR count). The second-order valence-corrected chi connectivity index (χ2v) is 5.26. The molecule has 1 saturated carbocycles. The molecule has 20 heavy (non-hydrogen) atoms. The molecule has 0 saturated heterocycles. The summed E-state index contributed by atoms with van der Waals surface area (Å²) < 4.78 is 10.5. The SMILES string of the molecule is COCCOc1ccccc1C(=O)C1(O)CCCCC1. The Morgan fingerprint density at radius 1 is 1.20 bits per heavy atom. The Balaban J connectivity index is 2.16. The molecular formula is C16H22O4. The van der Waals surface area contributed by atoms with Gasteiger partial charge in [0.15, 0.2) is 5.78 Å². The van der Waals surface area contributed by atoms with Gasteiger partial charge in [-0.1, -0.05) is 31.4 Å². The van der Waals surface area contributed by atoms with E-state index in [1.807, 2.05) is 6.07 Å². The molecule has 1 aliphatic rings. The maximum Gasteiger partial charge on any atom is 0.198 e. The molecular weight excluding hydrogens is 256 g/mol. The van der Waals surface area contributed by atoms with Gasteiger partial charge in [0, 0.05) is 7.11 Å². The van der Waals surface area contributed by atoms with Gasteiger partial charge in [-0.3, -0.25) is 4.79 Å². The molecule has 0 aliphatic heterocycles. The minimum atomic E-state index is -1.22. The van der Waals surface area contributed by atoms with Crippen LogP contribution in [0.2, 0.25) is 0 Å². The van der Waals surface area contributed by atoms with Crippen LogP contribution in [0.15, 0.2) is 24.3 Å². The zero-order chi connectivity index (χ0) is 14.4. The first-order valence-electron chi connectivity index (χ1n) is 7.15. The minimum absolute atomic E-state index is 0.217. The van der Waals surface area contributed by atoms with Crippen LogP contribution in [0.3, 0.4) is 0 Å². The van der Waals surface area contributed by atoms with Gasteiger partial charge in [0.05, 0.1) is 12.2 Å². The molecule has 0 radical (unpaired) electrons. The number of benzene rings is 1. The molecule has 0 bridgehead atoms. The quantitative estimate of drug-likeness (QED) is 0.642. The second kappa shape index (κ2) is 6.86. The summed E-state index contributed by atoms with van der Waals surface area (Å²) in [5.74, 6) is 0.304. The van der Waals surface area contributed by atoms with Crippen LogP contribution in [-0.4, -0.2) is 36.8 Å². The van der Waals surface area contributed by atoms with Crippen molar-refractivity contribution in [1.82, 2.24) is 0 Å². The fourth-order valence-electron chi connectivity index (χ4n) is 2.63. The average Bonchev–Trinajstić information content (AvgIpc) is 2.48. The molecule has 1 fully saturated rings. The lowest BCUT2D eigenvalue weighted by molar-refractivity contribution is 0.0113. The summed E-state index contributed by atoms with van der Waals surface area (Å²) in [5, 5.41) is 10.6. The van der Waals surface area contributed by atoms with Crippen LogP contribution in [-0.2, 0) is 4.74 Å². The highest BCUT2D eigenvalue weighted by molar-refractivity contribution is 6.04. The Labute approximate surface area is 119 Å². The molecule has 0 atom stereocenters. The van der Waals surface area contributed by atoms with Crippen LogP contribution in [0.25, 0.3) is 0 Å². The summed E-state index contributed by atoms with van der Waals surface area (Å²) in [7, 11) is 1.60. The van der Waals surface area contributed by atoms with E-state index in [4.69, 9.17) is 9.47 Å². The Bertz CT molecular complexity index is 450. The number of hydrogen-bond acceptors (Lipinski definition) is 4. The maximum atomic E-state index is 12.6. The van der Waals surface area contributed by atoms with E-state index in [2.05, 4.69) is 0 Å². The van der Waals surface area contributed by atoms with Crippen molar-refractivity contribution in [1.29, 1.82) is 0 Å². The molecule has 1 N–H and O–H groups in total. The molecule has 1 aliphatic carbocycles. The Morgan fingerprint density at radius 3 is 2.60 bits per heavy atom. The first kappa shape index (κ1) is 15.0. The fourth-order valence-corrected chi connectivity index (χ4v) is 2.63. The van der Waals surface area contributed by atoms with Crippen molar-refractivity contribution in [2.75, 3.05) is 20.3 Å². The van der Waals surface area contributed by atoms with Crippen molar-refractivity contribution in [2.45, 2.75) is 37.7 Å². The van der Waals surface area contributed by atoms with Crippen LogP contribution >= 0.6 is 0 Å². The van der Waals surface area contributed by atoms with Crippen LogP contribution in [0.1, 0.15) is 42.5 Å². The number of Topliss-reactive ketones (excluding diaryl/α,β-unsaturated/α-hetero) is 1. The highest BCUT2D eigenvalue weighted by Crippen LogP contribution is 2.33. The van der Waals surface area contributed by atoms with Gasteiger partial charge < -0.3 is 14.6 Å². The number of ether oxygens (including phenoxy) is 2. The van der Waals surface area contributed by atoms with Crippen LogP contribution in [0.5, 0.6) is 5.75 Å². The van der Waals surface area contributed by atoms with Crippen molar-refractivity contribution in [3.05, 3.63) is 29.8 Å². The molecule has 4 nitrogen and oxygen atoms in total. The van der Waals surface area contributed by atoms with Crippen molar-refractivity contribution >= 4 is 5.78 Å². The van der Waals surface area contributed by atoms with E-state index in [-0.39, 0.29) is 5.78 Å². The topological polar surface area (TPSA) is 55.8 Å². The normalized spacial score (nSPS) is 17.7. The smallest absolute Gasteiger partial charge is 0.198 e. The Morgan fingerprint density at radius 2 is 1.90 bits per heavy atom. The molecule has 0 aromatic heterocycles. The molecule has 0 amide bonds. The lowest BCUT2D eigenvalue weighted by atomic mass is 9.79. The average molecular weight is 278 g/mol. The van der Waals surface area contributed by atoms with E-state index in [1.165, 1.54) is 0 Å².